The van der Waals surface area contributed by atoms with Crippen molar-refractivity contribution in [3.05, 3.63) is 28.3 Å². The van der Waals surface area contributed by atoms with Gasteiger partial charge in [-0.05, 0) is 18.9 Å². The summed E-state index contributed by atoms with van der Waals surface area (Å²) in [6.07, 6.45) is 4.17. The third-order valence-corrected chi connectivity index (χ3v) is 2.49. The standard InChI is InChI=1S/C9H9N3O/c13-9-8-6(3-4-10-8)7(11-12-9)5-1-2-5/h3-5,10H,1-2H2,(H,12,13). The normalized spacial score (nSPS) is 16.6. The van der Waals surface area contributed by atoms with Crippen molar-refractivity contribution in [1.82, 2.24) is 15.2 Å². The SMILES string of the molecule is O=c1[nH]nc(C2CC2)c2cc[nH]c12. The topological polar surface area (TPSA) is 61.5 Å². The summed E-state index contributed by atoms with van der Waals surface area (Å²) < 4.78 is 0. The van der Waals surface area contributed by atoms with Gasteiger partial charge < -0.3 is 4.98 Å². The number of rotatable bonds is 1. The number of H-pyrrole nitrogens is 2. The van der Waals surface area contributed by atoms with Crippen molar-refractivity contribution in [2.75, 3.05) is 0 Å². The van der Waals surface area contributed by atoms with Gasteiger partial charge in [0.1, 0.15) is 5.52 Å². The predicted octanol–water partition coefficient (Wildman–Crippen LogP) is 1.13. The summed E-state index contributed by atoms with van der Waals surface area (Å²) in [6, 6.07) is 1.92. The molecule has 2 aromatic heterocycles. The molecule has 0 atom stereocenters. The maximum absolute atomic E-state index is 11.3. The molecule has 3 rings (SSSR count). The van der Waals surface area contributed by atoms with Gasteiger partial charge >= 0.3 is 0 Å². The average Bonchev–Trinajstić information content (AvgIpc) is 2.83. The molecule has 0 bridgehead atoms. The minimum absolute atomic E-state index is 0.135. The van der Waals surface area contributed by atoms with Gasteiger partial charge in [-0.25, -0.2) is 5.10 Å². The van der Waals surface area contributed by atoms with Gasteiger partial charge in [-0.3, -0.25) is 4.79 Å². The van der Waals surface area contributed by atoms with E-state index in [1.165, 1.54) is 12.8 Å². The van der Waals surface area contributed by atoms with Crippen LogP contribution in [0.3, 0.4) is 0 Å². The zero-order valence-electron chi connectivity index (χ0n) is 7.00. The third kappa shape index (κ3) is 0.915. The second-order valence-electron chi connectivity index (χ2n) is 3.48. The van der Waals surface area contributed by atoms with Crippen LogP contribution >= 0.6 is 0 Å². The molecule has 0 aromatic carbocycles. The van der Waals surface area contributed by atoms with Gasteiger partial charge in [0.05, 0.1) is 5.69 Å². The summed E-state index contributed by atoms with van der Waals surface area (Å²) in [6.45, 7) is 0. The van der Waals surface area contributed by atoms with Crippen LogP contribution in [0.2, 0.25) is 0 Å². The average molecular weight is 175 g/mol. The van der Waals surface area contributed by atoms with Crippen LogP contribution in [0.25, 0.3) is 10.9 Å². The van der Waals surface area contributed by atoms with E-state index in [4.69, 9.17) is 0 Å². The number of nitrogens with zero attached hydrogens (tertiary/aromatic N) is 1. The van der Waals surface area contributed by atoms with Crippen LogP contribution in [-0.4, -0.2) is 15.2 Å². The second-order valence-corrected chi connectivity index (χ2v) is 3.48. The molecule has 1 saturated carbocycles. The summed E-state index contributed by atoms with van der Waals surface area (Å²) in [4.78, 5) is 14.2. The van der Waals surface area contributed by atoms with E-state index >= 15 is 0 Å². The fourth-order valence-electron chi connectivity index (χ4n) is 1.67. The maximum atomic E-state index is 11.3. The van der Waals surface area contributed by atoms with Crippen LogP contribution in [0.15, 0.2) is 17.1 Å². The Balaban J connectivity index is 2.40. The Bertz CT molecular complexity index is 507. The highest BCUT2D eigenvalue weighted by Gasteiger charge is 2.27. The van der Waals surface area contributed by atoms with E-state index < -0.39 is 0 Å². The quantitative estimate of drug-likeness (QED) is 0.682. The lowest BCUT2D eigenvalue weighted by Gasteiger charge is -1.96. The predicted molar refractivity (Wildman–Crippen MR) is 48.7 cm³/mol. The molecule has 66 valence electrons. The molecule has 4 heteroatoms. The van der Waals surface area contributed by atoms with Gasteiger partial charge in [0.2, 0.25) is 0 Å². The van der Waals surface area contributed by atoms with E-state index in [9.17, 15) is 4.79 Å². The number of aromatic amines is 2. The van der Waals surface area contributed by atoms with E-state index in [2.05, 4.69) is 15.2 Å². The third-order valence-electron chi connectivity index (χ3n) is 2.49. The number of fused-ring (bicyclic) bond motifs is 1. The lowest BCUT2D eigenvalue weighted by molar-refractivity contribution is 0.910. The van der Waals surface area contributed by atoms with E-state index in [0.717, 1.165) is 11.1 Å². The number of aromatic nitrogens is 3. The molecule has 0 amide bonds. The first-order valence-corrected chi connectivity index (χ1v) is 4.42. The molecule has 0 unspecified atom stereocenters. The number of hydrogen-bond donors (Lipinski definition) is 2. The van der Waals surface area contributed by atoms with Crippen molar-refractivity contribution in [1.29, 1.82) is 0 Å². The Kier molecular flexibility index (Phi) is 1.17. The summed E-state index contributed by atoms with van der Waals surface area (Å²) in [7, 11) is 0. The Hall–Kier alpha value is -1.58. The molecule has 0 aliphatic heterocycles. The molecular formula is C9H9N3O. The second kappa shape index (κ2) is 2.22. The van der Waals surface area contributed by atoms with Crippen LogP contribution in [0.4, 0.5) is 0 Å². The fraction of sp³-hybridized carbons (Fsp3) is 0.333. The summed E-state index contributed by atoms with van der Waals surface area (Å²) in [5.41, 5.74) is 1.55. The molecular weight excluding hydrogens is 166 g/mol. The highest BCUT2D eigenvalue weighted by atomic mass is 16.1. The van der Waals surface area contributed by atoms with Gasteiger partial charge in [-0.15, -0.1) is 0 Å². The fourth-order valence-corrected chi connectivity index (χ4v) is 1.67. The Morgan fingerprint density at radius 3 is 3.08 bits per heavy atom. The molecule has 0 saturated heterocycles. The van der Waals surface area contributed by atoms with Gasteiger partial charge in [0.25, 0.3) is 5.56 Å². The smallest absolute Gasteiger partial charge is 0.288 e. The molecule has 1 aliphatic carbocycles. The highest BCUT2D eigenvalue weighted by molar-refractivity contribution is 5.81. The van der Waals surface area contributed by atoms with Gasteiger partial charge in [-0.1, -0.05) is 0 Å². The lowest BCUT2D eigenvalue weighted by Crippen LogP contribution is -2.10. The molecule has 2 heterocycles. The van der Waals surface area contributed by atoms with Crippen molar-refractivity contribution in [2.45, 2.75) is 18.8 Å². The van der Waals surface area contributed by atoms with E-state index in [0.29, 0.717) is 11.4 Å². The van der Waals surface area contributed by atoms with E-state index in [1.807, 2.05) is 6.07 Å². The highest BCUT2D eigenvalue weighted by Crippen LogP contribution is 2.40. The maximum Gasteiger partial charge on any atom is 0.288 e. The van der Waals surface area contributed by atoms with Gasteiger partial charge in [-0.2, -0.15) is 5.10 Å². The minimum atomic E-state index is -0.135. The molecule has 1 fully saturated rings. The Morgan fingerprint density at radius 1 is 1.46 bits per heavy atom. The zero-order valence-corrected chi connectivity index (χ0v) is 7.00. The first-order chi connectivity index (χ1) is 6.36. The molecule has 2 N–H and O–H groups in total. The summed E-state index contributed by atoms with van der Waals surface area (Å²) in [5.74, 6) is 0.565. The van der Waals surface area contributed by atoms with Crippen molar-refractivity contribution in [2.24, 2.45) is 0 Å². The Morgan fingerprint density at radius 2 is 2.31 bits per heavy atom. The van der Waals surface area contributed by atoms with Crippen molar-refractivity contribution < 1.29 is 0 Å². The van der Waals surface area contributed by atoms with Crippen molar-refractivity contribution in [3.63, 3.8) is 0 Å². The molecule has 0 spiro atoms. The van der Waals surface area contributed by atoms with Crippen LogP contribution in [0.1, 0.15) is 24.5 Å². The van der Waals surface area contributed by atoms with Crippen molar-refractivity contribution in [3.8, 4) is 0 Å². The molecule has 2 aromatic rings. The lowest BCUT2D eigenvalue weighted by atomic mass is 10.2. The van der Waals surface area contributed by atoms with Gasteiger partial charge in [0.15, 0.2) is 0 Å². The van der Waals surface area contributed by atoms with Crippen LogP contribution in [0, 0.1) is 0 Å². The largest absolute Gasteiger partial charge is 0.357 e. The Labute approximate surface area is 74.0 Å². The van der Waals surface area contributed by atoms with E-state index in [1.54, 1.807) is 6.20 Å². The monoisotopic (exact) mass is 175 g/mol. The van der Waals surface area contributed by atoms with Gasteiger partial charge in [0, 0.05) is 17.5 Å². The number of hydrogen-bond acceptors (Lipinski definition) is 2. The van der Waals surface area contributed by atoms with Crippen LogP contribution in [-0.2, 0) is 0 Å². The van der Waals surface area contributed by atoms with E-state index in [-0.39, 0.29) is 5.56 Å². The molecule has 13 heavy (non-hydrogen) atoms. The molecule has 0 radical (unpaired) electrons. The number of nitrogens with one attached hydrogen (secondary N) is 2. The first-order valence-electron chi connectivity index (χ1n) is 4.42. The van der Waals surface area contributed by atoms with Crippen LogP contribution < -0.4 is 5.56 Å². The summed E-state index contributed by atoms with van der Waals surface area (Å²) in [5, 5.41) is 7.57. The van der Waals surface area contributed by atoms with Crippen LogP contribution in [0.5, 0.6) is 0 Å². The minimum Gasteiger partial charge on any atom is -0.357 e. The zero-order chi connectivity index (χ0) is 8.84. The molecule has 1 aliphatic rings. The van der Waals surface area contributed by atoms with Crippen molar-refractivity contribution >= 4 is 10.9 Å². The first kappa shape index (κ1) is 6.88. The summed E-state index contributed by atoms with van der Waals surface area (Å²) >= 11 is 0. The molecule has 4 nitrogen and oxygen atoms in total.